The quantitative estimate of drug-likeness (QED) is 0.419. The van der Waals surface area contributed by atoms with E-state index in [1.54, 1.807) is 0 Å². The number of carbonyl (C=O) groups excluding carboxylic acids is 1. The van der Waals surface area contributed by atoms with Crippen molar-refractivity contribution in [2.75, 3.05) is 6.26 Å². The van der Waals surface area contributed by atoms with Crippen LogP contribution in [0.2, 0.25) is 0 Å². The van der Waals surface area contributed by atoms with E-state index in [1.807, 2.05) is 0 Å². The van der Waals surface area contributed by atoms with Crippen molar-refractivity contribution in [1.29, 1.82) is 0 Å². The smallest absolute Gasteiger partial charge is 0.264 e. The van der Waals surface area contributed by atoms with Gasteiger partial charge in [-0.1, -0.05) is 22.6 Å². The fourth-order valence-electron chi connectivity index (χ4n) is 3.86. The Morgan fingerprint density at radius 3 is 2.53 bits per heavy atom. The predicted octanol–water partition coefficient (Wildman–Crippen LogP) is 1.38. The van der Waals surface area contributed by atoms with Crippen molar-refractivity contribution in [2.45, 2.75) is 29.3 Å². The summed E-state index contributed by atoms with van der Waals surface area (Å²) in [7, 11) is -3.47. The standard InChI is InChI=1S/C11H15IO4S/c1-17(14,15)16-11-7-3-5-2-6(9(7)12)10(13)8(11)4-5/h5-9,11H,2-4H2,1H3/t5?,6?,7?,8?,9-,11+/m1/s1. The summed E-state index contributed by atoms with van der Waals surface area (Å²) < 4.78 is 28.1. The van der Waals surface area contributed by atoms with Crippen LogP contribution in [-0.2, 0) is 19.1 Å². The van der Waals surface area contributed by atoms with Crippen LogP contribution in [0.15, 0.2) is 0 Å². The van der Waals surface area contributed by atoms with Gasteiger partial charge < -0.3 is 0 Å². The third-order valence-corrected chi connectivity index (χ3v) is 6.77. The fraction of sp³-hybridized carbons (Fsp3) is 0.909. The molecule has 4 saturated carbocycles. The largest absolute Gasteiger partial charge is 0.299 e. The lowest BCUT2D eigenvalue weighted by molar-refractivity contribution is -0.149. The molecule has 0 heterocycles. The number of carbonyl (C=O) groups is 1. The highest BCUT2D eigenvalue weighted by Gasteiger charge is 2.58. The van der Waals surface area contributed by atoms with E-state index in [2.05, 4.69) is 22.6 Å². The highest BCUT2D eigenvalue weighted by Crippen LogP contribution is 2.55. The number of rotatable bonds is 2. The van der Waals surface area contributed by atoms with E-state index in [4.69, 9.17) is 4.18 Å². The van der Waals surface area contributed by atoms with E-state index < -0.39 is 16.2 Å². The molecule has 96 valence electrons. The van der Waals surface area contributed by atoms with Crippen LogP contribution in [0.5, 0.6) is 0 Å². The molecule has 0 aromatic carbocycles. The van der Waals surface area contributed by atoms with Crippen LogP contribution in [-0.4, -0.2) is 30.5 Å². The number of ketones is 1. The Kier molecular flexibility index (Phi) is 2.83. The highest BCUT2D eigenvalue weighted by molar-refractivity contribution is 14.1. The number of hydrogen-bond acceptors (Lipinski definition) is 4. The molecule has 0 amide bonds. The SMILES string of the molecule is CS(=O)(=O)O[C@@H]1C2CC3CC(C2=O)[C@@H](I)C1C3. The van der Waals surface area contributed by atoms with Gasteiger partial charge in [-0.25, -0.2) is 0 Å². The highest BCUT2D eigenvalue weighted by atomic mass is 127. The summed E-state index contributed by atoms with van der Waals surface area (Å²) in [6.45, 7) is 0. The van der Waals surface area contributed by atoms with E-state index in [-0.39, 0.29) is 27.5 Å². The zero-order valence-electron chi connectivity index (χ0n) is 9.50. The summed E-state index contributed by atoms with van der Waals surface area (Å²) in [6.07, 6.45) is 3.53. The van der Waals surface area contributed by atoms with Gasteiger partial charge in [0.1, 0.15) is 5.78 Å². The lowest BCUT2D eigenvalue weighted by Crippen LogP contribution is -2.60. The number of Topliss-reactive ketones (excluding diaryl/α,β-unsaturated/α-hetero) is 1. The monoisotopic (exact) mass is 370 g/mol. The first-order valence-electron chi connectivity index (χ1n) is 5.93. The van der Waals surface area contributed by atoms with Gasteiger partial charge in [-0.05, 0) is 31.1 Å². The van der Waals surface area contributed by atoms with Gasteiger partial charge in [-0.2, -0.15) is 8.42 Å². The van der Waals surface area contributed by atoms with E-state index in [9.17, 15) is 13.2 Å². The average molecular weight is 370 g/mol. The summed E-state index contributed by atoms with van der Waals surface area (Å²) in [5.41, 5.74) is 0. The van der Waals surface area contributed by atoms with Crippen molar-refractivity contribution < 1.29 is 17.4 Å². The first kappa shape index (κ1) is 12.3. The van der Waals surface area contributed by atoms with Gasteiger partial charge in [-0.15, -0.1) is 0 Å². The summed E-state index contributed by atoms with van der Waals surface area (Å²) in [6, 6.07) is 0. The predicted molar refractivity (Wildman–Crippen MR) is 70.3 cm³/mol. The molecule has 0 saturated heterocycles. The van der Waals surface area contributed by atoms with Gasteiger partial charge in [0.2, 0.25) is 0 Å². The minimum Gasteiger partial charge on any atom is -0.299 e. The maximum atomic E-state index is 12.2. The van der Waals surface area contributed by atoms with Crippen LogP contribution >= 0.6 is 22.6 Å². The molecule has 4 rings (SSSR count). The Labute approximate surface area is 115 Å². The zero-order chi connectivity index (χ0) is 12.4. The Morgan fingerprint density at radius 1 is 1.24 bits per heavy atom. The van der Waals surface area contributed by atoms with Gasteiger partial charge in [-0.3, -0.25) is 8.98 Å². The third kappa shape index (κ3) is 1.96. The molecule has 4 aliphatic carbocycles. The van der Waals surface area contributed by atoms with Crippen LogP contribution in [0.3, 0.4) is 0 Å². The van der Waals surface area contributed by atoms with Gasteiger partial charge in [0.25, 0.3) is 10.1 Å². The van der Waals surface area contributed by atoms with Crippen LogP contribution in [0.1, 0.15) is 19.3 Å². The summed E-state index contributed by atoms with van der Waals surface area (Å²) in [5.74, 6) is 1.07. The van der Waals surface area contributed by atoms with Gasteiger partial charge in [0.05, 0.1) is 12.4 Å². The molecule has 6 heteroatoms. The van der Waals surface area contributed by atoms with Crippen LogP contribution in [0, 0.1) is 23.7 Å². The second kappa shape index (κ2) is 3.90. The van der Waals surface area contributed by atoms with Crippen molar-refractivity contribution in [3.63, 3.8) is 0 Å². The molecule has 4 unspecified atom stereocenters. The van der Waals surface area contributed by atoms with Crippen molar-refractivity contribution in [3.8, 4) is 0 Å². The van der Waals surface area contributed by atoms with Crippen molar-refractivity contribution >= 4 is 38.5 Å². The molecule has 4 bridgehead atoms. The molecule has 0 radical (unpaired) electrons. The zero-order valence-corrected chi connectivity index (χ0v) is 12.5. The number of halogens is 1. The first-order chi connectivity index (χ1) is 7.87. The molecule has 6 atom stereocenters. The maximum absolute atomic E-state index is 12.2. The number of alkyl halides is 1. The minimum absolute atomic E-state index is 0.150. The van der Waals surface area contributed by atoms with Crippen molar-refractivity contribution in [3.05, 3.63) is 0 Å². The van der Waals surface area contributed by atoms with Gasteiger partial charge in [0, 0.05) is 15.8 Å². The second-order valence-electron chi connectivity index (χ2n) is 5.56. The molecule has 4 fully saturated rings. The molecule has 0 aromatic heterocycles. The maximum Gasteiger partial charge on any atom is 0.264 e. The Balaban J connectivity index is 1.93. The average Bonchev–Trinajstić information content (AvgIpc) is 2.21. The topological polar surface area (TPSA) is 60.4 Å². The lowest BCUT2D eigenvalue weighted by atomic mass is 9.54. The van der Waals surface area contributed by atoms with E-state index in [0.717, 1.165) is 25.5 Å². The Bertz CT molecular complexity index is 460. The molecule has 0 N–H and O–H groups in total. The first-order valence-corrected chi connectivity index (χ1v) is 8.99. The molecule has 0 aromatic rings. The van der Waals surface area contributed by atoms with Crippen LogP contribution < -0.4 is 0 Å². The molecular weight excluding hydrogens is 355 g/mol. The minimum atomic E-state index is -3.47. The van der Waals surface area contributed by atoms with Crippen LogP contribution in [0.25, 0.3) is 0 Å². The normalized spacial score (nSPS) is 48.7. The summed E-state index contributed by atoms with van der Waals surface area (Å²) >= 11 is 2.31. The Morgan fingerprint density at radius 2 is 1.88 bits per heavy atom. The van der Waals surface area contributed by atoms with Crippen LogP contribution in [0.4, 0.5) is 0 Å². The third-order valence-electron chi connectivity index (χ3n) is 4.41. The van der Waals surface area contributed by atoms with E-state index in [0.29, 0.717) is 5.92 Å². The van der Waals surface area contributed by atoms with Gasteiger partial charge >= 0.3 is 0 Å². The van der Waals surface area contributed by atoms with Gasteiger partial charge in [0.15, 0.2) is 0 Å². The fourth-order valence-corrected chi connectivity index (χ4v) is 5.90. The van der Waals surface area contributed by atoms with E-state index in [1.165, 1.54) is 0 Å². The molecular formula is C11H15IO4S. The molecule has 0 aliphatic heterocycles. The molecule has 4 nitrogen and oxygen atoms in total. The number of hydrogen-bond donors (Lipinski definition) is 0. The second-order valence-corrected chi connectivity index (χ2v) is 8.60. The van der Waals surface area contributed by atoms with Crippen molar-refractivity contribution in [2.24, 2.45) is 23.7 Å². The molecule has 17 heavy (non-hydrogen) atoms. The summed E-state index contributed by atoms with van der Waals surface area (Å²) in [4.78, 5) is 12.2. The molecule has 4 aliphatic rings. The summed E-state index contributed by atoms with van der Waals surface area (Å²) in [5, 5.41) is 0. The Hall–Kier alpha value is 0.310. The van der Waals surface area contributed by atoms with Crippen molar-refractivity contribution in [1.82, 2.24) is 0 Å². The lowest BCUT2D eigenvalue weighted by Gasteiger charge is -2.54. The molecule has 0 spiro atoms. The van der Waals surface area contributed by atoms with E-state index >= 15 is 0 Å².